The zero-order valence-corrected chi connectivity index (χ0v) is 12.9. The van der Waals surface area contributed by atoms with Crippen LogP contribution in [0.25, 0.3) is 6.08 Å². The lowest BCUT2D eigenvalue weighted by molar-refractivity contribution is -0.136. The summed E-state index contributed by atoms with van der Waals surface area (Å²) in [6.07, 6.45) is 4.41. The van der Waals surface area contributed by atoms with Gasteiger partial charge in [0.05, 0.1) is 19.9 Å². The molecule has 1 aromatic heterocycles. The van der Waals surface area contributed by atoms with Gasteiger partial charge in [-0.25, -0.2) is 4.79 Å². The van der Waals surface area contributed by atoms with Crippen molar-refractivity contribution >= 4 is 17.8 Å². The number of ether oxygens (including phenoxy) is 3. The number of hydrogen-bond donors (Lipinski definition) is 1. The van der Waals surface area contributed by atoms with E-state index in [0.29, 0.717) is 22.8 Å². The summed E-state index contributed by atoms with van der Waals surface area (Å²) in [6.45, 7) is -0.321. The Morgan fingerprint density at radius 3 is 2.61 bits per heavy atom. The van der Waals surface area contributed by atoms with Crippen LogP contribution < -0.4 is 9.47 Å². The smallest absolute Gasteiger partial charge is 0.331 e. The van der Waals surface area contributed by atoms with Gasteiger partial charge in [-0.2, -0.15) is 0 Å². The molecule has 0 aliphatic carbocycles. The van der Waals surface area contributed by atoms with Crippen LogP contribution in [0.5, 0.6) is 11.5 Å². The monoisotopic (exact) mass is 315 g/mol. The van der Waals surface area contributed by atoms with Crippen molar-refractivity contribution in [1.82, 2.24) is 4.98 Å². The highest BCUT2D eigenvalue weighted by molar-refractivity contribution is 5.97. The summed E-state index contributed by atoms with van der Waals surface area (Å²) in [6, 6.07) is 8.62. The Hall–Kier alpha value is -3.02. The molecule has 0 aliphatic rings. The molecule has 2 rings (SSSR count). The van der Waals surface area contributed by atoms with Crippen molar-refractivity contribution in [1.29, 1.82) is 0 Å². The fourth-order valence-corrected chi connectivity index (χ4v) is 1.97. The first kappa shape index (κ1) is 16.4. The molecular weight excluding hydrogens is 298 g/mol. The van der Waals surface area contributed by atoms with E-state index in [0.717, 1.165) is 0 Å². The first-order valence-corrected chi connectivity index (χ1v) is 6.88. The molecule has 0 saturated carbocycles. The normalized spacial score (nSPS) is 10.5. The highest BCUT2D eigenvalue weighted by Crippen LogP contribution is 2.31. The number of methoxy groups -OCH3 is 2. The van der Waals surface area contributed by atoms with Crippen LogP contribution in [0.1, 0.15) is 16.1 Å². The van der Waals surface area contributed by atoms with E-state index in [9.17, 15) is 9.59 Å². The summed E-state index contributed by atoms with van der Waals surface area (Å²) in [7, 11) is 3.05. The van der Waals surface area contributed by atoms with Gasteiger partial charge in [0.25, 0.3) is 0 Å². The Morgan fingerprint density at radius 1 is 1.13 bits per heavy atom. The summed E-state index contributed by atoms with van der Waals surface area (Å²) < 4.78 is 15.4. The number of aromatic nitrogens is 1. The molecule has 0 unspecified atom stereocenters. The highest BCUT2D eigenvalue weighted by atomic mass is 16.5. The van der Waals surface area contributed by atoms with Gasteiger partial charge >= 0.3 is 5.97 Å². The SMILES string of the molecule is COc1cccc(C=CC(=O)OCC(=O)c2ccc[nH]2)c1OC. The van der Waals surface area contributed by atoms with Crippen molar-refractivity contribution in [3.8, 4) is 11.5 Å². The second kappa shape index (κ2) is 7.84. The van der Waals surface area contributed by atoms with Gasteiger partial charge in [0.15, 0.2) is 18.1 Å². The first-order valence-electron chi connectivity index (χ1n) is 6.88. The van der Waals surface area contributed by atoms with Gasteiger partial charge < -0.3 is 19.2 Å². The molecular formula is C17H17NO5. The van der Waals surface area contributed by atoms with E-state index < -0.39 is 5.97 Å². The molecule has 1 N–H and O–H groups in total. The summed E-state index contributed by atoms with van der Waals surface area (Å²) in [4.78, 5) is 26.2. The van der Waals surface area contributed by atoms with Gasteiger partial charge in [-0.05, 0) is 24.3 Å². The zero-order chi connectivity index (χ0) is 16.7. The maximum Gasteiger partial charge on any atom is 0.331 e. The van der Waals surface area contributed by atoms with Crippen molar-refractivity contribution in [2.45, 2.75) is 0 Å². The molecule has 0 bridgehead atoms. The van der Waals surface area contributed by atoms with Crippen molar-refractivity contribution in [3.05, 3.63) is 53.9 Å². The standard InChI is InChI=1S/C17H17NO5/c1-21-15-7-3-5-12(17(15)22-2)8-9-16(20)23-11-14(19)13-6-4-10-18-13/h3-10,18H,11H2,1-2H3. The minimum atomic E-state index is -0.616. The number of para-hydroxylation sites is 1. The third kappa shape index (κ3) is 4.23. The molecule has 2 aromatic rings. The molecule has 0 fully saturated rings. The zero-order valence-electron chi connectivity index (χ0n) is 12.9. The second-order valence-corrected chi connectivity index (χ2v) is 4.53. The topological polar surface area (TPSA) is 77.6 Å². The van der Waals surface area contributed by atoms with Crippen LogP contribution in [0, 0.1) is 0 Å². The van der Waals surface area contributed by atoms with Gasteiger partial charge in [0.2, 0.25) is 5.78 Å². The molecule has 0 atom stereocenters. The molecule has 120 valence electrons. The van der Waals surface area contributed by atoms with Crippen LogP contribution in [0.15, 0.2) is 42.6 Å². The number of nitrogens with one attached hydrogen (secondary N) is 1. The average molecular weight is 315 g/mol. The Kier molecular flexibility index (Phi) is 5.57. The molecule has 6 nitrogen and oxygen atoms in total. The quantitative estimate of drug-likeness (QED) is 0.482. The van der Waals surface area contributed by atoms with Gasteiger partial charge in [-0.15, -0.1) is 0 Å². The van der Waals surface area contributed by atoms with Crippen LogP contribution in [-0.2, 0) is 9.53 Å². The Labute approximate surface area is 133 Å². The summed E-state index contributed by atoms with van der Waals surface area (Å²) in [5, 5.41) is 0. The first-order chi connectivity index (χ1) is 11.2. The van der Waals surface area contributed by atoms with Crippen molar-refractivity contribution < 1.29 is 23.8 Å². The van der Waals surface area contributed by atoms with Crippen LogP contribution in [-0.4, -0.2) is 37.6 Å². The molecule has 23 heavy (non-hydrogen) atoms. The van der Waals surface area contributed by atoms with Crippen molar-refractivity contribution in [2.24, 2.45) is 0 Å². The summed E-state index contributed by atoms with van der Waals surface area (Å²) in [5.74, 6) is 0.164. The van der Waals surface area contributed by atoms with E-state index in [1.165, 1.54) is 20.3 Å². The minimum Gasteiger partial charge on any atom is -0.493 e. The Balaban J connectivity index is 1.97. The second-order valence-electron chi connectivity index (χ2n) is 4.53. The van der Waals surface area contributed by atoms with E-state index in [1.807, 2.05) is 0 Å². The lowest BCUT2D eigenvalue weighted by Crippen LogP contribution is -2.12. The molecule has 0 radical (unpaired) electrons. The number of rotatable bonds is 7. The van der Waals surface area contributed by atoms with Gasteiger partial charge in [0, 0.05) is 17.8 Å². The minimum absolute atomic E-state index is 0.296. The fraction of sp³-hybridized carbons (Fsp3) is 0.176. The van der Waals surface area contributed by atoms with E-state index in [1.54, 1.807) is 42.6 Å². The van der Waals surface area contributed by atoms with Gasteiger partial charge in [-0.1, -0.05) is 12.1 Å². The maximum atomic E-state index is 11.7. The van der Waals surface area contributed by atoms with E-state index in [-0.39, 0.29) is 12.4 Å². The Bertz CT molecular complexity index is 704. The lowest BCUT2D eigenvalue weighted by atomic mass is 10.1. The van der Waals surface area contributed by atoms with E-state index in [4.69, 9.17) is 14.2 Å². The number of aromatic amines is 1. The van der Waals surface area contributed by atoms with Crippen LogP contribution >= 0.6 is 0 Å². The van der Waals surface area contributed by atoms with Crippen LogP contribution in [0.2, 0.25) is 0 Å². The number of H-pyrrole nitrogens is 1. The highest BCUT2D eigenvalue weighted by Gasteiger charge is 2.10. The predicted octanol–water partition coefficient (Wildman–Crippen LogP) is 2.47. The number of benzene rings is 1. The third-order valence-electron chi connectivity index (χ3n) is 3.08. The number of esters is 1. The third-order valence-corrected chi connectivity index (χ3v) is 3.08. The molecule has 0 saturated heterocycles. The number of carbonyl (C=O) groups is 2. The van der Waals surface area contributed by atoms with Gasteiger partial charge in [0.1, 0.15) is 0 Å². The number of ketones is 1. The number of Topliss-reactive ketones (excluding diaryl/α,β-unsaturated/α-hetero) is 1. The largest absolute Gasteiger partial charge is 0.493 e. The molecule has 1 heterocycles. The number of hydrogen-bond acceptors (Lipinski definition) is 5. The van der Waals surface area contributed by atoms with Crippen LogP contribution in [0.3, 0.4) is 0 Å². The van der Waals surface area contributed by atoms with E-state index in [2.05, 4.69) is 4.98 Å². The predicted molar refractivity (Wildman–Crippen MR) is 84.7 cm³/mol. The average Bonchev–Trinajstić information content (AvgIpc) is 3.11. The molecule has 1 aromatic carbocycles. The maximum absolute atomic E-state index is 11.7. The molecule has 0 amide bonds. The fourth-order valence-electron chi connectivity index (χ4n) is 1.97. The van der Waals surface area contributed by atoms with Gasteiger partial charge in [-0.3, -0.25) is 4.79 Å². The van der Waals surface area contributed by atoms with Crippen molar-refractivity contribution in [3.63, 3.8) is 0 Å². The molecule has 0 aliphatic heterocycles. The van der Waals surface area contributed by atoms with E-state index >= 15 is 0 Å². The Morgan fingerprint density at radius 2 is 1.96 bits per heavy atom. The summed E-state index contributed by atoms with van der Waals surface area (Å²) >= 11 is 0. The summed E-state index contributed by atoms with van der Waals surface area (Å²) in [5.41, 5.74) is 1.07. The molecule has 0 spiro atoms. The molecule has 6 heteroatoms. The number of carbonyl (C=O) groups excluding carboxylic acids is 2. The lowest BCUT2D eigenvalue weighted by Gasteiger charge is -2.09. The van der Waals surface area contributed by atoms with Crippen molar-refractivity contribution in [2.75, 3.05) is 20.8 Å². The van der Waals surface area contributed by atoms with Crippen LogP contribution in [0.4, 0.5) is 0 Å².